The fraction of sp³-hybridized carbons (Fsp3) is 0.600. The molecule has 5 nitrogen and oxygen atoms in total. The Morgan fingerprint density at radius 3 is 2.62 bits per heavy atom. The fourth-order valence-electron chi connectivity index (χ4n) is 1.28. The minimum atomic E-state index is -3.09. The maximum atomic E-state index is 11.4. The predicted molar refractivity (Wildman–Crippen MR) is 64.6 cm³/mol. The summed E-state index contributed by atoms with van der Waals surface area (Å²) in [5.74, 6) is 0.129. The highest BCUT2D eigenvalue weighted by molar-refractivity contribution is 7.89. The Morgan fingerprint density at radius 1 is 1.44 bits per heavy atom. The van der Waals surface area contributed by atoms with Crippen molar-refractivity contribution < 1.29 is 8.42 Å². The predicted octanol–water partition coefficient (Wildman–Crippen LogP) is 0.00610. The van der Waals surface area contributed by atoms with E-state index < -0.39 is 10.0 Å². The lowest BCUT2D eigenvalue weighted by Crippen LogP contribution is -2.31. The van der Waals surface area contributed by atoms with Crippen LogP contribution < -0.4 is 5.32 Å². The van der Waals surface area contributed by atoms with Crippen LogP contribution >= 0.6 is 0 Å². The molecule has 6 heteroatoms. The van der Waals surface area contributed by atoms with Crippen LogP contribution in [0.15, 0.2) is 18.3 Å². The van der Waals surface area contributed by atoms with E-state index in [-0.39, 0.29) is 5.75 Å². The second-order valence-corrected chi connectivity index (χ2v) is 6.19. The molecule has 1 rings (SSSR count). The van der Waals surface area contributed by atoms with Gasteiger partial charge in [-0.3, -0.25) is 0 Å². The minimum absolute atomic E-state index is 0.129. The van der Waals surface area contributed by atoms with Crippen molar-refractivity contribution in [3.8, 4) is 0 Å². The molecule has 0 saturated carbocycles. The Hall–Kier alpha value is -0.850. The molecule has 0 amide bonds. The van der Waals surface area contributed by atoms with Crippen LogP contribution in [-0.4, -0.2) is 43.7 Å². The molecular formula is C10H19N3O2S. The minimum Gasteiger partial charge on any atom is -0.353 e. The summed E-state index contributed by atoms with van der Waals surface area (Å²) in [7, 11) is 1.98. The highest BCUT2D eigenvalue weighted by Gasteiger charge is 2.12. The van der Waals surface area contributed by atoms with Crippen molar-refractivity contribution in [1.82, 2.24) is 14.2 Å². The molecule has 16 heavy (non-hydrogen) atoms. The van der Waals surface area contributed by atoms with Crippen LogP contribution in [0.4, 0.5) is 0 Å². The highest BCUT2D eigenvalue weighted by atomic mass is 32.2. The van der Waals surface area contributed by atoms with Crippen molar-refractivity contribution in [2.75, 3.05) is 26.4 Å². The monoisotopic (exact) mass is 245 g/mol. The van der Waals surface area contributed by atoms with Gasteiger partial charge in [0.2, 0.25) is 10.0 Å². The van der Waals surface area contributed by atoms with Gasteiger partial charge in [-0.15, -0.1) is 0 Å². The van der Waals surface area contributed by atoms with Gasteiger partial charge in [0.15, 0.2) is 0 Å². The molecule has 1 aromatic rings. The summed E-state index contributed by atoms with van der Waals surface area (Å²) in [6.45, 7) is 1.15. The van der Waals surface area contributed by atoms with Crippen LogP contribution in [0.1, 0.15) is 5.69 Å². The van der Waals surface area contributed by atoms with Gasteiger partial charge in [-0.2, -0.15) is 0 Å². The summed E-state index contributed by atoms with van der Waals surface area (Å²) in [5.41, 5.74) is 1.14. The first-order valence-corrected chi connectivity index (χ1v) is 6.75. The molecule has 1 heterocycles. The van der Waals surface area contributed by atoms with Crippen molar-refractivity contribution in [2.24, 2.45) is 7.05 Å². The van der Waals surface area contributed by atoms with Gasteiger partial charge in [-0.1, -0.05) is 0 Å². The molecule has 1 N–H and O–H groups in total. The standard InChI is InChI=1S/C10H19N3O2S/c1-12(2)16(14,15)8-6-11-9-10-5-4-7-13(10)3/h4-5,7,11H,6,8-9H2,1-3H3. The third kappa shape index (κ3) is 3.62. The van der Waals surface area contributed by atoms with E-state index in [1.54, 1.807) is 14.1 Å². The summed E-state index contributed by atoms with van der Waals surface area (Å²) < 4.78 is 26.1. The van der Waals surface area contributed by atoms with Crippen LogP contribution in [0.3, 0.4) is 0 Å². The van der Waals surface area contributed by atoms with Gasteiger partial charge in [-0.05, 0) is 12.1 Å². The van der Waals surface area contributed by atoms with Crippen molar-refractivity contribution >= 4 is 10.0 Å². The van der Waals surface area contributed by atoms with Gasteiger partial charge in [-0.25, -0.2) is 12.7 Å². The van der Waals surface area contributed by atoms with Gasteiger partial charge in [0.05, 0.1) is 5.75 Å². The number of nitrogens with one attached hydrogen (secondary N) is 1. The molecule has 0 atom stereocenters. The second kappa shape index (κ2) is 5.47. The zero-order chi connectivity index (χ0) is 12.2. The van der Waals surface area contributed by atoms with Crippen LogP contribution in [0.2, 0.25) is 0 Å². The van der Waals surface area contributed by atoms with Crippen LogP contribution in [-0.2, 0) is 23.6 Å². The van der Waals surface area contributed by atoms with Gasteiger partial charge in [0.1, 0.15) is 0 Å². The van der Waals surface area contributed by atoms with E-state index in [1.807, 2.05) is 29.9 Å². The van der Waals surface area contributed by atoms with Gasteiger partial charge in [0.25, 0.3) is 0 Å². The van der Waals surface area contributed by atoms with E-state index in [0.717, 1.165) is 5.69 Å². The summed E-state index contributed by atoms with van der Waals surface area (Å²) in [6, 6.07) is 3.97. The van der Waals surface area contributed by atoms with Crippen LogP contribution in [0.5, 0.6) is 0 Å². The Balaban J connectivity index is 2.30. The van der Waals surface area contributed by atoms with E-state index in [0.29, 0.717) is 13.1 Å². The molecule has 0 aliphatic rings. The van der Waals surface area contributed by atoms with E-state index in [9.17, 15) is 8.42 Å². The summed E-state index contributed by atoms with van der Waals surface area (Å²) in [5, 5.41) is 3.11. The fourth-order valence-corrected chi connectivity index (χ4v) is 2.05. The quantitative estimate of drug-likeness (QED) is 0.718. The van der Waals surface area contributed by atoms with E-state index >= 15 is 0 Å². The second-order valence-electron chi connectivity index (χ2n) is 3.89. The lowest BCUT2D eigenvalue weighted by molar-refractivity contribution is 0.517. The molecule has 0 aliphatic carbocycles. The lowest BCUT2D eigenvalue weighted by Gasteiger charge is -2.11. The van der Waals surface area contributed by atoms with Gasteiger partial charge >= 0.3 is 0 Å². The van der Waals surface area contributed by atoms with Crippen molar-refractivity contribution in [3.05, 3.63) is 24.0 Å². The number of nitrogens with zero attached hydrogens (tertiary/aromatic N) is 2. The zero-order valence-corrected chi connectivity index (χ0v) is 10.8. The number of hydrogen-bond acceptors (Lipinski definition) is 3. The average Bonchev–Trinajstić information content (AvgIpc) is 2.59. The van der Waals surface area contributed by atoms with Crippen LogP contribution in [0.25, 0.3) is 0 Å². The maximum absolute atomic E-state index is 11.4. The molecule has 1 aromatic heterocycles. The Morgan fingerprint density at radius 2 is 2.12 bits per heavy atom. The molecule has 0 fully saturated rings. The number of rotatable bonds is 6. The largest absolute Gasteiger partial charge is 0.353 e. The lowest BCUT2D eigenvalue weighted by atomic mass is 10.4. The molecule has 92 valence electrons. The molecule has 0 aromatic carbocycles. The van der Waals surface area contributed by atoms with Gasteiger partial charge in [0, 0.05) is 46.1 Å². The number of hydrogen-bond donors (Lipinski definition) is 1. The highest BCUT2D eigenvalue weighted by Crippen LogP contribution is 1.98. The number of aromatic nitrogens is 1. The number of aryl methyl sites for hydroxylation is 1. The zero-order valence-electron chi connectivity index (χ0n) is 9.97. The smallest absolute Gasteiger partial charge is 0.214 e. The summed E-state index contributed by atoms with van der Waals surface area (Å²) in [4.78, 5) is 0. The van der Waals surface area contributed by atoms with Crippen LogP contribution in [0, 0.1) is 0 Å². The molecular weight excluding hydrogens is 226 g/mol. The third-order valence-electron chi connectivity index (χ3n) is 2.45. The van der Waals surface area contributed by atoms with E-state index in [2.05, 4.69) is 5.32 Å². The van der Waals surface area contributed by atoms with E-state index in [1.165, 1.54) is 4.31 Å². The van der Waals surface area contributed by atoms with E-state index in [4.69, 9.17) is 0 Å². The summed E-state index contributed by atoms with van der Waals surface area (Å²) in [6.07, 6.45) is 1.97. The Bertz CT molecular complexity index is 423. The Kier molecular flexibility index (Phi) is 4.52. The van der Waals surface area contributed by atoms with Crippen molar-refractivity contribution in [3.63, 3.8) is 0 Å². The molecule has 0 saturated heterocycles. The molecule has 0 bridgehead atoms. The average molecular weight is 245 g/mol. The normalized spacial score (nSPS) is 12.2. The first kappa shape index (κ1) is 13.2. The molecule has 0 aliphatic heterocycles. The number of sulfonamides is 1. The first-order valence-electron chi connectivity index (χ1n) is 5.14. The molecule has 0 spiro atoms. The topological polar surface area (TPSA) is 54.3 Å². The molecule has 0 radical (unpaired) electrons. The van der Waals surface area contributed by atoms with Crippen molar-refractivity contribution in [2.45, 2.75) is 6.54 Å². The third-order valence-corrected chi connectivity index (χ3v) is 4.28. The maximum Gasteiger partial charge on any atom is 0.214 e. The van der Waals surface area contributed by atoms with Crippen molar-refractivity contribution in [1.29, 1.82) is 0 Å². The SMILES string of the molecule is CN(C)S(=O)(=O)CCNCc1cccn1C. The summed E-state index contributed by atoms with van der Waals surface area (Å²) >= 11 is 0. The van der Waals surface area contributed by atoms with Gasteiger partial charge < -0.3 is 9.88 Å². The Labute approximate surface area is 97.1 Å². The first-order chi connectivity index (χ1) is 7.43. The molecule has 0 unspecified atom stereocenters.